The summed E-state index contributed by atoms with van der Waals surface area (Å²) in [5.41, 5.74) is 1.79. The highest BCUT2D eigenvalue weighted by atomic mass is 16.5. The van der Waals surface area contributed by atoms with Crippen LogP contribution in [0, 0.1) is 0 Å². The molecular weight excluding hydrogens is 276 g/mol. The molecule has 1 amide bonds. The smallest absolute Gasteiger partial charge is 0.408 e. The van der Waals surface area contributed by atoms with Crippen LogP contribution in [-0.4, -0.2) is 46.5 Å². The molecule has 7 nitrogen and oxygen atoms in total. The van der Waals surface area contributed by atoms with Crippen molar-refractivity contribution in [2.75, 3.05) is 13.7 Å². The van der Waals surface area contributed by atoms with Gasteiger partial charge in [0, 0.05) is 16.6 Å². The molecule has 7 heteroatoms. The zero-order valence-electron chi connectivity index (χ0n) is 11.2. The monoisotopic (exact) mass is 288 g/mol. The van der Waals surface area contributed by atoms with Crippen LogP contribution in [0.3, 0.4) is 0 Å². The van der Waals surface area contributed by atoms with Gasteiger partial charge in [-0.1, -0.05) is 6.07 Å². The molecule has 0 spiro atoms. The number of ether oxygens (including phenoxy) is 1. The number of benzene rings is 1. The minimum Gasteiger partial charge on any atom is -0.465 e. The zero-order chi connectivity index (χ0) is 15.1. The highest BCUT2D eigenvalue weighted by Crippen LogP contribution is 2.30. The molecule has 3 rings (SSSR count). The topological polar surface area (TPSA) is 99.7 Å². The Balaban J connectivity index is 2.23. The average Bonchev–Trinajstić information content (AvgIpc) is 2.84. The average molecular weight is 288 g/mol. The Morgan fingerprint density at radius 1 is 1.33 bits per heavy atom. The van der Waals surface area contributed by atoms with E-state index in [4.69, 9.17) is 9.84 Å². The van der Waals surface area contributed by atoms with Gasteiger partial charge < -0.3 is 14.8 Å². The molecule has 1 aliphatic rings. The number of Topliss-reactive ketones (excluding diaryl/α,β-unsaturated/α-hetero) is 1. The molecule has 0 fully saturated rings. The van der Waals surface area contributed by atoms with Gasteiger partial charge in [-0.05, 0) is 12.1 Å². The van der Waals surface area contributed by atoms with Gasteiger partial charge >= 0.3 is 12.1 Å². The molecule has 21 heavy (non-hydrogen) atoms. The fraction of sp³-hybridized carbons (Fsp3) is 0.214. The van der Waals surface area contributed by atoms with Crippen LogP contribution in [-0.2, 0) is 11.3 Å². The van der Waals surface area contributed by atoms with Crippen molar-refractivity contribution in [1.29, 1.82) is 0 Å². The molecule has 2 heterocycles. The first-order chi connectivity index (χ1) is 10.0. The second-order valence-electron chi connectivity index (χ2n) is 4.76. The lowest BCUT2D eigenvalue weighted by molar-refractivity contribution is 0.0603. The van der Waals surface area contributed by atoms with E-state index < -0.39 is 12.1 Å². The SMILES string of the molecule is COC(=O)c1cccc2[nH]c3c(c12)C(=O)CN(C(=O)O)C3. The van der Waals surface area contributed by atoms with E-state index in [9.17, 15) is 14.4 Å². The summed E-state index contributed by atoms with van der Waals surface area (Å²) >= 11 is 0. The van der Waals surface area contributed by atoms with Crippen molar-refractivity contribution < 1.29 is 24.2 Å². The van der Waals surface area contributed by atoms with Crippen molar-refractivity contribution in [3.63, 3.8) is 0 Å². The van der Waals surface area contributed by atoms with Crippen molar-refractivity contribution >= 4 is 28.7 Å². The second kappa shape index (κ2) is 4.62. The Morgan fingerprint density at radius 3 is 2.76 bits per heavy atom. The number of carboxylic acid groups (broad SMARTS) is 1. The lowest BCUT2D eigenvalue weighted by Gasteiger charge is -2.23. The lowest BCUT2D eigenvalue weighted by atomic mass is 9.99. The lowest BCUT2D eigenvalue weighted by Crippen LogP contribution is -2.38. The van der Waals surface area contributed by atoms with E-state index in [1.807, 2.05) is 0 Å². The van der Waals surface area contributed by atoms with Crippen LogP contribution in [0.15, 0.2) is 18.2 Å². The summed E-state index contributed by atoms with van der Waals surface area (Å²) in [4.78, 5) is 39.2. The van der Waals surface area contributed by atoms with Gasteiger partial charge in [0.2, 0.25) is 0 Å². The van der Waals surface area contributed by atoms with Crippen molar-refractivity contribution in [2.24, 2.45) is 0 Å². The van der Waals surface area contributed by atoms with Gasteiger partial charge in [0.05, 0.1) is 31.3 Å². The number of rotatable bonds is 1. The van der Waals surface area contributed by atoms with Crippen molar-refractivity contribution in [2.45, 2.75) is 6.54 Å². The molecule has 1 aromatic carbocycles. The van der Waals surface area contributed by atoms with Gasteiger partial charge in [-0.3, -0.25) is 9.69 Å². The molecule has 2 aromatic rings. The second-order valence-corrected chi connectivity index (χ2v) is 4.76. The molecule has 0 radical (unpaired) electrons. The standard InChI is InChI=1S/C14H12N2O5/c1-21-13(18)7-3-2-4-8-11(7)12-9(15-8)5-16(14(19)20)6-10(12)17/h2-4,15H,5-6H2,1H3,(H,19,20). The summed E-state index contributed by atoms with van der Waals surface area (Å²) in [5.74, 6) is -0.864. The van der Waals surface area contributed by atoms with E-state index >= 15 is 0 Å². The molecule has 0 saturated carbocycles. The number of carbonyl (C=O) groups is 3. The highest BCUT2D eigenvalue weighted by molar-refractivity contribution is 6.17. The minimum absolute atomic E-state index is 0.0890. The number of amides is 1. The van der Waals surface area contributed by atoms with Crippen LogP contribution in [0.5, 0.6) is 0 Å². The molecule has 2 N–H and O–H groups in total. The third-order valence-electron chi connectivity index (χ3n) is 3.54. The van der Waals surface area contributed by atoms with E-state index in [-0.39, 0.29) is 18.9 Å². The zero-order valence-corrected chi connectivity index (χ0v) is 11.2. The van der Waals surface area contributed by atoms with E-state index in [1.54, 1.807) is 18.2 Å². The van der Waals surface area contributed by atoms with E-state index in [0.29, 0.717) is 27.7 Å². The molecule has 0 unspecified atom stereocenters. The van der Waals surface area contributed by atoms with Crippen molar-refractivity contribution in [1.82, 2.24) is 9.88 Å². The van der Waals surface area contributed by atoms with Gasteiger partial charge in [0.15, 0.2) is 5.78 Å². The Hall–Kier alpha value is -2.83. The Kier molecular flexibility index (Phi) is 2.90. The Morgan fingerprint density at radius 2 is 2.10 bits per heavy atom. The highest BCUT2D eigenvalue weighted by Gasteiger charge is 2.31. The molecule has 1 aromatic heterocycles. The maximum atomic E-state index is 12.3. The summed E-state index contributed by atoms with van der Waals surface area (Å²) in [6, 6.07) is 4.99. The van der Waals surface area contributed by atoms with Gasteiger partial charge in [-0.25, -0.2) is 9.59 Å². The predicted molar refractivity (Wildman–Crippen MR) is 72.4 cm³/mol. The van der Waals surface area contributed by atoms with Crippen LogP contribution >= 0.6 is 0 Å². The summed E-state index contributed by atoms with van der Waals surface area (Å²) in [5, 5.41) is 9.52. The first-order valence-corrected chi connectivity index (χ1v) is 6.26. The molecule has 1 aliphatic heterocycles. The number of nitrogens with one attached hydrogen (secondary N) is 1. The number of carbonyl (C=O) groups excluding carboxylic acids is 2. The first-order valence-electron chi connectivity index (χ1n) is 6.26. The maximum absolute atomic E-state index is 12.3. The molecule has 0 atom stereocenters. The third kappa shape index (κ3) is 1.94. The number of nitrogens with zero attached hydrogens (tertiary/aromatic N) is 1. The van der Waals surface area contributed by atoms with E-state index in [2.05, 4.69) is 4.98 Å². The van der Waals surface area contributed by atoms with Gasteiger partial charge in [0.1, 0.15) is 0 Å². The molecule has 0 aliphatic carbocycles. The van der Waals surface area contributed by atoms with Crippen molar-refractivity contribution in [3.05, 3.63) is 35.0 Å². The summed E-state index contributed by atoms with van der Waals surface area (Å²) in [7, 11) is 1.27. The Labute approximate surface area is 119 Å². The summed E-state index contributed by atoms with van der Waals surface area (Å²) in [6.07, 6.45) is -1.15. The fourth-order valence-electron chi connectivity index (χ4n) is 2.64. The quantitative estimate of drug-likeness (QED) is 0.777. The predicted octanol–water partition coefficient (Wildman–Crippen LogP) is 1.63. The third-order valence-corrected chi connectivity index (χ3v) is 3.54. The largest absolute Gasteiger partial charge is 0.465 e. The molecular formula is C14H12N2O5. The number of H-pyrrole nitrogens is 1. The van der Waals surface area contributed by atoms with E-state index in [0.717, 1.165) is 4.90 Å². The van der Waals surface area contributed by atoms with Crippen LogP contribution in [0.4, 0.5) is 4.79 Å². The van der Waals surface area contributed by atoms with Crippen LogP contribution in [0.2, 0.25) is 0 Å². The van der Waals surface area contributed by atoms with Gasteiger partial charge in [-0.15, -0.1) is 0 Å². The number of hydrogen-bond donors (Lipinski definition) is 2. The number of hydrogen-bond acceptors (Lipinski definition) is 4. The Bertz CT molecular complexity index is 777. The van der Waals surface area contributed by atoms with Gasteiger partial charge in [-0.2, -0.15) is 0 Å². The number of ketones is 1. The van der Waals surface area contributed by atoms with Crippen LogP contribution < -0.4 is 0 Å². The number of methoxy groups -OCH3 is 1. The summed E-state index contributed by atoms with van der Waals surface area (Å²) < 4.78 is 4.73. The molecule has 108 valence electrons. The number of aromatic amines is 1. The number of fused-ring (bicyclic) bond motifs is 3. The number of esters is 1. The molecule has 0 saturated heterocycles. The number of aromatic nitrogens is 1. The maximum Gasteiger partial charge on any atom is 0.408 e. The van der Waals surface area contributed by atoms with Crippen molar-refractivity contribution in [3.8, 4) is 0 Å². The van der Waals surface area contributed by atoms with Gasteiger partial charge in [0.25, 0.3) is 0 Å². The normalized spacial score (nSPS) is 14.1. The van der Waals surface area contributed by atoms with Crippen LogP contribution in [0.25, 0.3) is 10.9 Å². The first kappa shape index (κ1) is 13.2. The van der Waals surface area contributed by atoms with E-state index in [1.165, 1.54) is 7.11 Å². The minimum atomic E-state index is -1.15. The summed E-state index contributed by atoms with van der Waals surface area (Å²) in [6.45, 7) is -0.128. The van der Waals surface area contributed by atoms with Crippen LogP contribution in [0.1, 0.15) is 26.4 Å². The fourth-order valence-corrected chi connectivity index (χ4v) is 2.64. The molecule has 0 bridgehead atoms.